The first kappa shape index (κ1) is 18.4. The monoisotopic (exact) mass is 357 g/mol. The van der Waals surface area contributed by atoms with Crippen LogP contribution in [-0.4, -0.2) is 59.7 Å². The first-order chi connectivity index (χ1) is 12.6. The van der Waals surface area contributed by atoms with Crippen molar-refractivity contribution in [2.75, 3.05) is 26.2 Å². The highest BCUT2D eigenvalue weighted by molar-refractivity contribution is 5.94. The second-order valence-electron chi connectivity index (χ2n) is 7.12. The molecule has 0 radical (unpaired) electrons. The van der Waals surface area contributed by atoms with Gasteiger partial charge in [0, 0.05) is 44.7 Å². The van der Waals surface area contributed by atoms with Crippen LogP contribution in [0.2, 0.25) is 0 Å². The average Bonchev–Trinajstić information content (AvgIpc) is 2.66. The van der Waals surface area contributed by atoms with Crippen molar-refractivity contribution in [3.63, 3.8) is 0 Å². The molecule has 0 spiro atoms. The Morgan fingerprint density at radius 1 is 1.04 bits per heavy atom. The standard InChI is InChI=1S/C20H27N3O3/c1-15(24)23-14-13-22(20(26)16-7-3-2-4-8-16)12-11-21-19(25)17-9-5-6-10-18(17)23/h2-4,7-8,17-18H,5-6,9-14H2,1H3,(H,21,25). The summed E-state index contributed by atoms with van der Waals surface area (Å²) in [5, 5.41) is 2.98. The Morgan fingerprint density at radius 2 is 1.77 bits per heavy atom. The quantitative estimate of drug-likeness (QED) is 0.831. The molecule has 1 aliphatic carbocycles. The van der Waals surface area contributed by atoms with Gasteiger partial charge in [-0.15, -0.1) is 0 Å². The molecule has 1 aliphatic heterocycles. The van der Waals surface area contributed by atoms with Crippen molar-refractivity contribution in [1.82, 2.24) is 15.1 Å². The van der Waals surface area contributed by atoms with Gasteiger partial charge < -0.3 is 15.1 Å². The van der Waals surface area contributed by atoms with Gasteiger partial charge in [0.1, 0.15) is 0 Å². The van der Waals surface area contributed by atoms with E-state index in [9.17, 15) is 14.4 Å². The number of nitrogens with one attached hydrogen (secondary N) is 1. The molecule has 2 atom stereocenters. The lowest BCUT2D eigenvalue weighted by Crippen LogP contribution is -2.55. The zero-order chi connectivity index (χ0) is 18.5. The fraction of sp³-hybridized carbons (Fsp3) is 0.550. The van der Waals surface area contributed by atoms with Crippen molar-refractivity contribution in [3.05, 3.63) is 35.9 Å². The van der Waals surface area contributed by atoms with Crippen molar-refractivity contribution in [3.8, 4) is 0 Å². The molecule has 1 aromatic carbocycles. The summed E-state index contributed by atoms with van der Waals surface area (Å²) in [5.41, 5.74) is 0.626. The largest absolute Gasteiger partial charge is 0.354 e. The fourth-order valence-electron chi connectivity index (χ4n) is 4.10. The summed E-state index contributed by atoms with van der Waals surface area (Å²) < 4.78 is 0. The summed E-state index contributed by atoms with van der Waals surface area (Å²) in [6, 6.07) is 9.07. The summed E-state index contributed by atoms with van der Waals surface area (Å²) >= 11 is 0. The molecule has 26 heavy (non-hydrogen) atoms. The first-order valence-electron chi connectivity index (χ1n) is 9.47. The van der Waals surface area contributed by atoms with Gasteiger partial charge in [-0.3, -0.25) is 14.4 Å². The molecule has 6 nitrogen and oxygen atoms in total. The van der Waals surface area contributed by atoms with Crippen LogP contribution < -0.4 is 5.32 Å². The van der Waals surface area contributed by atoms with Crippen molar-refractivity contribution in [2.24, 2.45) is 5.92 Å². The second kappa shape index (κ2) is 8.34. The van der Waals surface area contributed by atoms with Crippen molar-refractivity contribution >= 4 is 17.7 Å². The normalized spacial score (nSPS) is 24.4. The van der Waals surface area contributed by atoms with Gasteiger partial charge in [-0.05, 0) is 25.0 Å². The van der Waals surface area contributed by atoms with Crippen molar-refractivity contribution in [1.29, 1.82) is 0 Å². The van der Waals surface area contributed by atoms with E-state index in [1.165, 1.54) is 0 Å². The second-order valence-corrected chi connectivity index (χ2v) is 7.12. The smallest absolute Gasteiger partial charge is 0.253 e. The third-order valence-corrected chi connectivity index (χ3v) is 5.47. The predicted molar refractivity (Wildman–Crippen MR) is 98.5 cm³/mol. The predicted octanol–water partition coefficient (Wildman–Crippen LogP) is 1.67. The van der Waals surface area contributed by atoms with Gasteiger partial charge >= 0.3 is 0 Å². The van der Waals surface area contributed by atoms with Crippen LogP contribution in [0.15, 0.2) is 30.3 Å². The van der Waals surface area contributed by atoms with Crippen LogP contribution in [-0.2, 0) is 9.59 Å². The Kier molecular flexibility index (Phi) is 5.91. The van der Waals surface area contributed by atoms with Crippen LogP contribution in [0.3, 0.4) is 0 Å². The van der Waals surface area contributed by atoms with Crippen LogP contribution in [0.1, 0.15) is 43.0 Å². The molecule has 6 heteroatoms. The van der Waals surface area contributed by atoms with Gasteiger partial charge in [0.05, 0.1) is 5.92 Å². The molecule has 2 aliphatic rings. The Morgan fingerprint density at radius 3 is 2.50 bits per heavy atom. The van der Waals surface area contributed by atoms with Crippen LogP contribution in [0.5, 0.6) is 0 Å². The molecule has 3 amide bonds. The van der Waals surface area contributed by atoms with Gasteiger partial charge in [-0.25, -0.2) is 0 Å². The molecule has 2 fully saturated rings. The molecule has 140 valence electrons. The minimum absolute atomic E-state index is 0.00922. The molecule has 1 aromatic rings. The van der Waals surface area contributed by atoms with Gasteiger partial charge in [-0.2, -0.15) is 0 Å². The van der Waals surface area contributed by atoms with Gasteiger partial charge in [0.2, 0.25) is 11.8 Å². The molecule has 0 bridgehead atoms. The molecule has 1 heterocycles. The molecule has 1 N–H and O–H groups in total. The topological polar surface area (TPSA) is 69.7 Å². The number of carbonyl (C=O) groups is 3. The van der Waals surface area contributed by atoms with Gasteiger partial charge in [0.15, 0.2) is 0 Å². The highest BCUT2D eigenvalue weighted by atomic mass is 16.2. The Hall–Kier alpha value is -2.37. The van der Waals surface area contributed by atoms with E-state index in [-0.39, 0.29) is 29.7 Å². The van der Waals surface area contributed by atoms with Crippen molar-refractivity contribution < 1.29 is 14.4 Å². The van der Waals surface area contributed by atoms with E-state index in [0.717, 1.165) is 25.7 Å². The number of hydrogen-bond donors (Lipinski definition) is 1. The summed E-state index contributed by atoms with van der Waals surface area (Å²) in [6.07, 6.45) is 3.74. The summed E-state index contributed by atoms with van der Waals surface area (Å²) in [6.45, 7) is 3.40. The molecular formula is C20H27N3O3. The van der Waals surface area contributed by atoms with E-state index in [4.69, 9.17) is 0 Å². The third-order valence-electron chi connectivity index (χ3n) is 5.47. The van der Waals surface area contributed by atoms with E-state index in [2.05, 4.69) is 5.32 Å². The first-order valence-corrected chi connectivity index (χ1v) is 9.47. The highest BCUT2D eigenvalue weighted by Gasteiger charge is 2.36. The summed E-state index contributed by atoms with van der Waals surface area (Å²) in [4.78, 5) is 41.2. The molecule has 0 aromatic heterocycles. The molecule has 2 unspecified atom stereocenters. The Bertz CT molecular complexity index is 662. The summed E-state index contributed by atoms with van der Waals surface area (Å²) in [7, 11) is 0. The third kappa shape index (κ3) is 4.06. The maximum absolute atomic E-state index is 12.8. The maximum atomic E-state index is 12.8. The lowest BCUT2D eigenvalue weighted by atomic mass is 9.82. The van der Waals surface area contributed by atoms with E-state index < -0.39 is 0 Å². The number of amides is 3. The lowest BCUT2D eigenvalue weighted by molar-refractivity contribution is -0.137. The minimum atomic E-state index is -0.135. The molecule has 1 saturated heterocycles. The molecular weight excluding hydrogens is 330 g/mol. The lowest BCUT2D eigenvalue weighted by Gasteiger charge is -2.40. The maximum Gasteiger partial charge on any atom is 0.253 e. The zero-order valence-corrected chi connectivity index (χ0v) is 15.3. The van der Waals surface area contributed by atoms with E-state index in [1.807, 2.05) is 18.2 Å². The fourth-order valence-corrected chi connectivity index (χ4v) is 4.10. The SMILES string of the molecule is CC(=O)N1CCN(C(=O)c2ccccc2)CCNC(=O)C2CCCCC21. The summed E-state index contributed by atoms with van der Waals surface area (Å²) in [5.74, 6) is -0.217. The Balaban J connectivity index is 1.80. The number of rotatable bonds is 1. The van der Waals surface area contributed by atoms with Crippen LogP contribution in [0.4, 0.5) is 0 Å². The minimum Gasteiger partial charge on any atom is -0.354 e. The van der Waals surface area contributed by atoms with E-state index >= 15 is 0 Å². The number of nitrogens with zero attached hydrogens (tertiary/aromatic N) is 2. The number of carbonyl (C=O) groups excluding carboxylic acids is 3. The van der Waals surface area contributed by atoms with Crippen molar-refractivity contribution in [2.45, 2.75) is 38.6 Å². The average molecular weight is 357 g/mol. The Labute approximate surface area is 154 Å². The van der Waals surface area contributed by atoms with Crippen LogP contribution in [0, 0.1) is 5.92 Å². The number of benzene rings is 1. The van der Waals surface area contributed by atoms with Crippen LogP contribution in [0.25, 0.3) is 0 Å². The number of hydrogen-bond acceptors (Lipinski definition) is 3. The van der Waals surface area contributed by atoms with Gasteiger partial charge in [0.25, 0.3) is 5.91 Å². The van der Waals surface area contributed by atoms with E-state index in [0.29, 0.717) is 31.7 Å². The highest BCUT2D eigenvalue weighted by Crippen LogP contribution is 2.29. The zero-order valence-electron chi connectivity index (χ0n) is 15.3. The van der Waals surface area contributed by atoms with Crippen LogP contribution >= 0.6 is 0 Å². The van der Waals surface area contributed by atoms with E-state index in [1.54, 1.807) is 28.9 Å². The molecule has 1 saturated carbocycles. The molecule has 3 rings (SSSR count). The number of fused-ring (bicyclic) bond motifs is 1. The van der Waals surface area contributed by atoms with Gasteiger partial charge in [-0.1, -0.05) is 31.0 Å².